The molecule has 122 valence electrons. The van der Waals surface area contributed by atoms with Gasteiger partial charge in [0.15, 0.2) is 5.82 Å². The summed E-state index contributed by atoms with van der Waals surface area (Å²) in [4.78, 5) is 13.3. The van der Waals surface area contributed by atoms with Crippen molar-refractivity contribution >= 4 is 0 Å². The van der Waals surface area contributed by atoms with E-state index in [1.807, 2.05) is 0 Å². The van der Waals surface area contributed by atoms with Crippen molar-refractivity contribution in [2.24, 2.45) is 0 Å². The highest BCUT2D eigenvalue weighted by Gasteiger charge is 1.99. The fraction of sp³-hybridized carbons (Fsp3) is 0.882. The van der Waals surface area contributed by atoms with Crippen LogP contribution in [0, 0.1) is 0 Å². The molecule has 0 aliphatic heterocycles. The number of H-pyrrole nitrogens is 1. The molecule has 0 spiro atoms. The number of aryl methyl sites for hydroxylation is 1. The molecule has 0 saturated carbocycles. The molecule has 1 rings (SSSR count). The molecule has 0 aliphatic carbocycles. The van der Waals surface area contributed by atoms with E-state index in [2.05, 4.69) is 21.6 Å². The molecule has 4 heteroatoms. The molecule has 0 bridgehead atoms. The monoisotopic (exact) mass is 296 g/mol. The van der Waals surface area contributed by atoms with Gasteiger partial charge in [-0.2, -0.15) is 0 Å². The standard InChI is InChI=1S/C17H32N2O2/c1-2-3-4-5-6-7-8-9-10-11-12-13-14-15-16-18-17(20)21-19-16/h2-15H2,1H3,(H,18,19,20). The molecule has 0 radical (unpaired) electrons. The minimum atomic E-state index is -0.445. The lowest BCUT2D eigenvalue weighted by Crippen LogP contribution is -1.97. The van der Waals surface area contributed by atoms with Crippen molar-refractivity contribution in [2.75, 3.05) is 0 Å². The fourth-order valence-corrected chi connectivity index (χ4v) is 2.68. The van der Waals surface area contributed by atoms with Gasteiger partial charge in [0.2, 0.25) is 0 Å². The summed E-state index contributed by atoms with van der Waals surface area (Å²) < 4.78 is 4.47. The van der Waals surface area contributed by atoms with Crippen LogP contribution in [0.15, 0.2) is 9.32 Å². The second-order valence-corrected chi connectivity index (χ2v) is 6.03. The first-order valence-electron chi connectivity index (χ1n) is 8.88. The van der Waals surface area contributed by atoms with Crippen LogP contribution in [0.25, 0.3) is 0 Å². The molecule has 0 aliphatic rings. The Hall–Kier alpha value is -1.06. The molecular weight excluding hydrogens is 264 g/mol. The lowest BCUT2D eigenvalue weighted by atomic mass is 10.0. The van der Waals surface area contributed by atoms with E-state index in [0.29, 0.717) is 5.82 Å². The fourth-order valence-electron chi connectivity index (χ4n) is 2.68. The predicted molar refractivity (Wildman–Crippen MR) is 86.5 cm³/mol. The SMILES string of the molecule is CCCCCCCCCCCCCCCc1noc(=O)[nH]1. The Kier molecular flexibility index (Phi) is 10.8. The average Bonchev–Trinajstić information content (AvgIpc) is 2.89. The number of aromatic amines is 1. The Balaban J connectivity index is 1.75. The van der Waals surface area contributed by atoms with E-state index in [9.17, 15) is 4.79 Å². The third kappa shape index (κ3) is 10.3. The highest BCUT2D eigenvalue weighted by atomic mass is 16.5. The van der Waals surface area contributed by atoms with Gasteiger partial charge in [-0.1, -0.05) is 89.1 Å². The normalized spacial score (nSPS) is 11.1. The summed E-state index contributed by atoms with van der Waals surface area (Å²) in [5.41, 5.74) is 0. The van der Waals surface area contributed by atoms with Crippen LogP contribution in [0.2, 0.25) is 0 Å². The van der Waals surface area contributed by atoms with Crippen LogP contribution < -0.4 is 5.76 Å². The molecule has 1 heterocycles. The van der Waals surface area contributed by atoms with E-state index in [0.717, 1.165) is 12.8 Å². The molecule has 0 fully saturated rings. The summed E-state index contributed by atoms with van der Waals surface area (Å²) in [7, 11) is 0. The first kappa shape index (κ1) is 18.0. The van der Waals surface area contributed by atoms with Crippen molar-refractivity contribution in [3.05, 3.63) is 16.4 Å². The Morgan fingerprint density at radius 1 is 0.810 bits per heavy atom. The molecule has 0 aromatic carbocycles. The van der Waals surface area contributed by atoms with Gasteiger partial charge in [0, 0.05) is 6.42 Å². The van der Waals surface area contributed by atoms with Gasteiger partial charge < -0.3 is 0 Å². The minimum absolute atomic E-state index is 0.445. The van der Waals surface area contributed by atoms with Gasteiger partial charge in [0.25, 0.3) is 0 Å². The van der Waals surface area contributed by atoms with E-state index < -0.39 is 5.76 Å². The number of hydrogen-bond acceptors (Lipinski definition) is 3. The first-order valence-corrected chi connectivity index (χ1v) is 8.88. The highest BCUT2D eigenvalue weighted by molar-refractivity contribution is 4.77. The number of rotatable bonds is 14. The van der Waals surface area contributed by atoms with Crippen LogP contribution in [0.1, 0.15) is 96.2 Å². The Labute approximate surface area is 128 Å². The molecule has 1 aromatic heterocycles. The maximum Gasteiger partial charge on any atom is 0.438 e. The number of hydrogen-bond donors (Lipinski definition) is 1. The quantitative estimate of drug-likeness (QED) is 0.492. The van der Waals surface area contributed by atoms with Crippen molar-refractivity contribution < 1.29 is 4.52 Å². The second kappa shape index (κ2) is 12.7. The van der Waals surface area contributed by atoms with Crippen LogP contribution in [0.5, 0.6) is 0 Å². The van der Waals surface area contributed by atoms with Crippen LogP contribution in [-0.2, 0) is 6.42 Å². The van der Waals surface area contributed by atoms with Gasteiger partial charge in [-0.3, -0.25) is 9.51 Å². The van der Waals surface area contributed by atoms with Gasteiger partial charge in [-0.15, -0.1) is 0 Å². The third-order valence-electron chi connectivity index (χ3n) is 4.00. The summed E-state index contributed by atoms with van der Waals surface area (Å²) in [6.07, 6.45) is 18.4. The van der Waals surface area contributed by atoms with Gasteiger partial charge in [0.05, 0.1) is 0 Å². The van der Waals surface area contributed by atoms with E-state index in [4.69, 9.17) is 0 Å². The van der Waals surface area contributed by atoms with Crippen molar-refractivity contribution in [3.8, 4) is 0 Å². The van der Waals surface area contributed by atoms with E-state index in [1.54, 1.807) is 0 Å². The van der Waals surface area contributed by atoms with Crippen molar-refractivity contribution in [2.45, 2.75) is 96.8 Å². The Bertz CT molecular complexity index is 384. The van der Waals surface area contributed by atoms with Gasteiger partial charge in [-0.25, -0.2) is 4.79 Å². The van der Waals surface area contributed by atoms with Crippen molar-refractivity contribution in [1.29, 1.82) is 0 Å². The molecule has 0 saturated heterocycles. The average molecular weight is 296 g/mol. The lowest BCUT2D eigenvalue weighted by Gasteiger charge is -2.02. The molecule has 1 aromatic rings. The topological polar surface area (TPSA) is 58.9 Å². The first-order chi connectivity index (χ1) is 10.3. The molecule has 21 heavy (non-hydrogen) atoms. The number of unbranched alkanes of at least 4 members (excludes halogenated alkanes) is 12. The maximum absolute atomic E-state index is 10.7. The number of nitrogens with one attached hydrogen (secondary N) is 1. The zero-order chi connectivity index (χ0) is 15.2. The van der Waals surface area contributed by atoms with Crippen molar-refractivity contribution in [3.63, 3.8) is 0 Å². The molecule has 0 amide bonds. The predicted octanol–water partition coefficient (Wildman–Crippen LogP) is 5.00. The zero-order valence-corrected chi connectivity index (χ0v) is 13.7. The Morgan fingerprint density at radius 3 is 1.71 bits per heavy atom. The summed E-state index contributed by atoms with van der Waals surface area (Å²) in [5, 5.41) is 3.67. The van der Waals surface area contributed by atoms with Gasteiger partial charge >= 0.3 is 5.76 Å². The third-order valence-corrected chi connectivity index (χ3v) is 4.00. The molecule has 4 nitrogen and oxygen atoms in total. The second-order valence-electron chi connectivity index (χ2n) is 6.03. The summed E-state index contributed by atoms with van der Waals surface area (Å²) in [6.45, 7) is 2.27. The molecule has 0 atom stereocenters. The molecular formula is C17H32N2O2. The largest absolute Gasteiger partial charge is 0.438 e. The Morgan fingerprint density at radius 2 is 1.29 bits per heavy atom. The maximum atomic E-state index is 10.7. The highest BCUT2D eigenvalue weighted by Crippen LogP contribution is 2.12. The minimum Gasteiger partial charge on any atom is -0.296 e. The molecule has 1 N–H and O–H groups in total. The van der Waals surface area contributed by atoms with Gasteiger partial charge in [-0.05, 0) is 6.42 Å². The zero-order valence-electron chi connectivity index (χ0n) is 13.7. The van der Waals surface area contributed by atoms with Crippen LogP contribution >= 0.6 is 0 Å². The number of aromatic nitrogens is 2. The van der Waals surface area contributed by atoms with Crippen LogP contribution in [-0.4, -0.2) is 10.1 Å². The van der Waals surface area contributed by atoms with E-state index >= 15 is 0 Å². The summed E-state index contributed by atoms with van der Waals surface area (Å²) >= 11 is 0. The van der Waals surface area contributed by atoms with Gasteiger partial charge in [0.1, 0.15) is 0 Å². The smallest absolute Gasteiger partial charge is 0.296 e. The lowest BCUT2D eigenvalue weighted by molar-refractivity contribution is 0.380. The van der Waals surface area contributed by atoms with E-state index in [1.165, 1.54) is 77.0 Å². The van der Waals surface area contributed by atoms with E-state index in [-0.39, 0.29) is 0 Å². The number of nitrogens with zero attached hydrogens (tertiary/aromatic N) is 1. The molecule has 0 unspecified atom stereocenters. The summed E-state index contributed by atoms with van der Waals surface area (Å²) in [6, 6.07) is 0. The van der Waals surface area contributed by atoms with Crippen LogP contribution in [0.4, 0.5) is 0 Å². The summed E-state index contributed by atoms with van der Waals surface area (Å²) in [5.74, 6) is 0.239. The van der Waals surface area contributed by atoms with Crippen molar-refractivity contribution in [1.82, 2.24) is 10.1 Å². The van der Waals surface area contributed by atoms with Crippen LogP contribution in [0.3, 0.4) is 0 Å².